The summed E-state index contributed by atoms with van der Waals surface area (Å²) in [5, 5.41) is 10.5. The van der Waals surface area contributed by atoms with Crippen LogP contribution in [0.2, 0.25) is 0 Å². The second kappa shape index (κ2) is 5.07. The number of hydrogen-bond donors (Lipinski definition) is 1. The topological polar surface area (TPSA) is 20.2 Å². The van der Waals surface area contributed by atoms with Crippen molar-refractivity contribution in [3.8, 4) is 0 Å². The van der Waals surface area contributed by atoms with Crippen molar-refractivity contribution in [1.82, 2.24) is 0 Å². The van der Waals surface area contributed by atoms with Gasteiger partial charge in [0.2, 0.25) is 0 Å². The normalized spacial score (nSPS) is 29.3. The summed E-state index contributed by atoms with van der Waals surface area (Å²) in [6.07, 6.45) is 4.18. The Morgan fingerprint density at radius 3 is 3.00 bits per heavy atom. The standard InChI is InChI=1S/C14H18BrFO/c1-10-3-2-6-14(17,8-10)9-11-7-12(15)4-5-13(11)16/h4-5,7,10,17H,2-3,6,8-9H2,1H3. The lowest BCUT2D eigenvalue weighted by molar-refractivity contribution is -0.0130. The molecule has 2 rings (SSSR count). The van der Waals surface area contributed by atoms with Crippen LogP contribution in [0, 0.1) is 11.7 Å². The van der Waals surface area contributed by atoms with Gasteiger partial charge >= 0.3 is 0 Å². The zero-order valence-corrected chi connectivity index (χ0v) is 11.6. The quantitative estimate of drug-likeness (QED) is 0.873. The highest BCUT2D eigenvalue weighted by molar-refractivity contribution is 9.10. The summed E-state index contributed by atoms with van der Waals surface area (Å²) in [5.41, 5.74) is -0.116. The molecular weight excluding hydrogens is 283 g/mol. The number of hydrogen-bond acceptors (Lipinski definition) is 1. The maximum Gasteiger partial charge on any atom is 0.126 e. The van der Waals surface area contributed by atoms with Crippen molar-refractivity contribution in [2.75, 3.05) is 0 Å². The Hall–Kier alpha value is -0.410. The molecular formula is C14H18BrFO. The largest absolute Gasteiger partial charge is 0.390 e. The summed E-state index contributed by atoms with van der Waals surface area (Å²) >= 11 is 3.34. The van der Waals surface area contributed by atoms with E-state index in [9.17, 15) is 9.50 Å². The van der Waals surface area contributed by atoms with Gasteiger partial charge in [0.25, 0.3) is 0 Å². The number of halogens is 2. The third-order valence-corrected chi connectivity index (χ3v) is 4.09. The van der Waals surface area contributed by atoms with Crippen LogP contribution < -0.4 is 0 Å². The van der Waals surface area contributed by atoms with Gasteiger partial charge in [-0.15, -0.1) is 0 Å². The van der Waals surface area contributed by atoms with Crippen molar-refractivity contribution < 1.29 is 9.50 Å². The lowest BCUT2D eigenvalue weighted by atomic mass is 9.76. The molecule has 0 heterocycles. The average Bonchev–Trinajstić information content (AvgIpc) is 2.22. The molecule has 0 aromatic heterocycles. The minimum atomic E-state index is -0.723. The van der Waals surface area contributed by atoms with Gasteiger partial charge in [-0.2, -0.15) is 0 Å². The fourth-order valence-corrected chi connectivity index (χ4v) is 3.23. The number of rotatable bonds is 2. The molecule has 0 radical (unpaired) electrons. The van der Waals surface area contributed by atoms with Crippen LogP contribution in [0.5, 0.6) is 0 Å². The molecule has 1 fully saturated rings. The van der Waals surface area contributed by atoms with Crippen molar-refractivity contribution in [1.29, 1.82) is 0 Å². The van der Waals surface area contributed by atoms with Gasteiger partial charge in [-0.3, -0.25) is 0 Å². The molecule has 0 amide bonds. The summed E-state index contributed by atoms with van der Waals surface area (Å²) < 4.78 is 14.5. The maximum absolute atomic E-state index is 13.7. The van der Waals surface area contributed by atoms with Crippen LogP contribution in [0.1, 0.15) is 38.2 Å². The van der Waals surface area contributed by atoms with E-state index in [2.05, 4.69) is 22.9 Å². The first kappa shape index (κ1) is 13.0. The molecule has 0 bridgehead atoms. The lowest BCUT2D eigenvalue weighted by Gasteiger charge is -2.35. The highest BCUT2D eigenvalue weighted by Crippen LogP contribution is 2.35. The molecule has 0 saturated heterocycles. The van der Waals surface area contributed by atoms with Gasteiger partial charge in [0.05, 0.1) is 5.60 Å². The highest BCUT2D eigenvalue weighted by atomic mass is 79.9. The predicted molar refractivity (Wildman–Crippen MR) is 70.4 cm³/mol. The Morgan fingerprint density at radius 1 is 1.53 bits per heavy atom. The van der Waals surface area contributed by atoms with Crippen molar-refractivity contribution in [3.05, 3.63) is 34.1 Å². The first-order valence-corrected chi connectivity index (χ1v) is 6.94. The van der Waals surface area contributed by atoms with Gasteiger partial charge in [-0.1, -0.05) is 35.7 Å². The van der Waals surface area contributed by atoms with Gasteiger partial charge in [0.15, 0.2) is 0 Å². The fourth-order valence-electron chi connectivity index (χ4n) is 2.83. The molecule has 17 heavy (non-hydrogen) atoms. The molecule has 94 valence electrons. The zero-order chi connectivity index (χ0) is 12.5. The molecule has 1 N–H and O–H groups in total. The Bertz CT molecular complexity index is 407. The summed E-state index contributed by atoms with van der Waals surface area (Å²) in [4.78, 5) is 0. The molecule has 1 nitrogen and oxygen atoms in total. The van der Waals surface area contributed by atoms with Gasteiger partial charge in [0.1, 0.15) is 5.82 Å². The highest BCUT2D eigenvalue weighted by Gasteiger charge is 2.33. The van der Waals surface area contributed by atoms with Crippen molar-refractivity contribution in [3.63, 3.8) is 0 Å². The smallest absolute Gasteiger partial charge is 0.126 e. The van der Waals surface area contributed by atoms with Crippen LogP contribution >= 0.6 is 15.9 Å². The lowest BCUT2D eigenvalue weighted by Crippen LogP contribution is -2.37. The third kappa shape index (κ3) is 3.29. The van der Waals surface area contributed by atoms with E-state index in [4.69, 9.17) is 0 Å². The third-order valence-electron chi connectivity index (χ3n) is 3.59. The van der Waals surface area contributed by atoms with E-state index in [1.54, 1.807) is 12.1 Å². The fraction of sp³-hybridized carbons (Fsp3) is 0.571. The summed E-state index contributed by atoms with van der Waals surface area (Å²) in [6, 6.07) is 4.91. The Balaban J connectivity index is 2.16. The second-order valence-electron chi connectivity index (χ2n) is 5.34. The molecule has 1 aliphatic carbocycles. The summed E-state index contributed by atoms with van der Waals surface area (Å²) in [5.74, 6) is 0.309. The molecule has 1 aromatic rings. The molecule has 2 unspecified atom stereocenters. The van der Waals surface area contributed by atoms with Crippen molar-refractivity contribution in [2.45, 2.75) is 44.6 Å². The summed E-state index contributed by atoms with van der Waals surface area (Å²) in [7, 11) is 0. The molecule has 0 spiro atoms. The monoisotopic (exact) mass is 300 g/mol. The minimum Gasteiger partial charge on any atom is -0.390 e. The van der Waals surface area contributed by atoms with E-state index in [-0.39, 0.29) is 5.82 Å². The number of aliphatic hydroxyl groups is 1. The predicted octanol–water partition coefficient (Wildman–Crippen LogP) is 4.07. The number of benzene rings is 1. The van der Waals surface area contributed by atoms with Crippen molar-refractivity contribution >= 4 is 15.9 Å². The van der Waals surface area contributed by atoms with Crippen LogP contribution in [-0.4, -0.2) is 10.7 Å². The molecule has 1 saturated carbocycles. The van der Waals surface area contributed by atoms with E-state index < -0.39 is 5.60 Å². The van der Waals surface area contributed by atoms with Gasteiger partial charge in [-0.25, -0.2) is 4.39 Å². The van der Waals surface area contributed by atoms with E-state index in [1.165, 1.54) is 12.5 Å². The van der Waals surface area contributed by atoms with E-state index in [0.717, 1.165) is 23.7 Å². The van der Waals surface area contributed by atoms with E-state index >= 15 is 0 Å². The molecule has 3 heteroatoms. The average molecular weight is 301 g/mol. The van der Waals surface area contributed by atoms with Crippen LogP contribution in [0.15, 0.2) is 22.7 Å². The van der Waals surface area contributed by atoms with Gasteiger partial charge < -0.3 is 5.11 Å². The Morgan fingerprint density at radius 2 is 2.29 bits per heavy atom. The van der Waals surface area contributed by atoms with Crippen LogP contribution in [-0.2, 0) is 6.42 Å². The Kier molecular flexibility index (Phi) is 3.88. The molecule has 1 aliphatic rings. The SMILES string of the molecule is CC1CCCC(O)(Cc2cc(Br)ccc2F)C1. The Labute approximate surface area is 110 Å². The second-order valence-corrected chi connectivity index (χ2v) is 6.25. The molecule has 0 aliphatic heterocycles. The van der Waals surface area contributed by atoms with Gasteiger partial charge in [-0.05, 0) is 42.5 Å². The first-order valence-electron chi connectivity index (χ1n) is 6.15. The molecule has 1 aromatic carbocycles. The van der Waals surface area contributed by atoms with E-state index in [0.29, 0.717) is 17.9 Å². The first-order chi connectivity index (χ1) is 7.98. The molecule has 2 atom stereocenters. The zero-order valence-electron chi connectivity index (χ0n) is 10.0. The maximum atomic E-state index is 13.7. The van der Waals surface area contributed by atoms with Crippen LogP contribution in [0.3, 0.4) is 0 Å². The van der Waals surface area contributed by atoms with E-state index in [1.807, 2.05) is 0 Å². The van der Waals surface area contributed by atoms with Gasteiger partial charge in [0, 0.05) is 10.9 Å². The summed E-state index contributed by atoms with van der Waals surface area (Å²) in [6.45, 7) is 2.15. The van der Waals surface area contributed by atoms with Crippen LogP contribution in [0.25, 0.3) is 0 Å². The van der Waals surface area contributed by atoms with Crippen molar-refractivity contribution in [2.24, 2.45) is 5.92 Å². The van der Waals surface area contributed by atoms with Crippen LogP contribution in [0.4, 0.5) is 4.39 Å². The minimum absolute atomic E-state index is 0.222.